The Morgan fingerprint density at radius 1 is 0.964 bits per heavy atom. The number of rotatable bonds is 4. The van der Waals surface area contributed by atoms with Crippen LogP contribution in [-0.4, -0.2) is 0 Å². The zero-order valence-corrected chi connectivity index (χ0v) is 16.6. The predicted molar refractivity (Wildman–Crippen MR) is 113 cm³/mol. The van der Waals surface area contributed by atoms with E-state index in [0.717, 1.165) is 27.6 Å². The van der Waals surface area contributed by atoms with Crippen LogP contribution in [0.25, 0.3) is 22.1 Å². The van der Waals surface area contributed by atoms with Crippen LogP contribution in [0.5, 0.6) is 5.75 Å². The van der Waals surface area contributed by atoms with Gasteiger partial charge in [0.1, 0.15) is 17.9 Å². The second kappa shape index (κ2) is 7.70. The predicted octanol–water partition coefficient (Wildman–Crippen LogP) is 6.65. The van der Waals surface area contributed by atoms with Gasteiger partial charge in [0.05, 0.1) is 0 Å². The van der Waals surface area contributed by atoms with E-state index in [4.69, 9.17) is 32.4 Å². The molecule has 0 aliphatic carbocycles. The first-order chi connectivity index (χ1) is 13.5. The number of ether oxygens (including phenoxy) is 1. The van der Waals surface area contributed by atoms with Gasteiger partial charge < -0.3 is 9.15 Å². The summed E-state index contributed by atoms with van der Waals surface area (Å²) in [4.78, 5) is 12.2. The summed E-state index contributed by atoms with van der Waals surface area (Å²) in [7, 11) is 0. The molecule has 0 atom stereocenters. The third-order valence-corrected chi connectivity index (χ3v) is 5.18. The van der Waals surface area contributed by atoms with Gasteiger partial charge >= 0.3 is 5.63 Å². The van der Waals surface area contributed by atoms with E-state index in [9.17, 15) is 4.79 Å². The minimum Gasteiger partial charge on any atom is -0.488 e. The molecule has 0 radical (unpaired) electrons. The van der Waals surface area contributed by atoms with Crippen LogP contribution >= 0.6 is 23.2 Å². The van der Waals surface area contributed by atoms with Gasteiger partial charge in [-0.3, -0.25) is 0 Å². The number of hydrogen-bond donors (Lipinski definition) is 0. The Morgan fingerprint density at radius 2 is 1.75 bits per heavy atom. The molecule has 3 nitrogen and oxygen atoms in total. The third-order valence-electron chi connectivity index (χ3n) is 4.59. The van der Waals surface area contributed by atoms with Crippen molar-refractivity contribution in [1.29, 1.82) is 0 Å². The molecule has 0 aliphatic rings. The SMILES string of the molecule is Cc1c(OCc2ccc(Cl)cc2Cl)ccc2c(-c3ccccc3)cc(=O)oc12. The second-order valence-corrected chi connectivity index (χ2v) is 7.28. The molecule has 4 aromatic rings. The average Bonchev–Trinajstić information content (AvgIpc) is 2.69. The smallest absolute Gasteiger partial charge is 0.336 e. The normalized spacial score (nSPS) is 11.0. The summed E-state index contributed by atoms with van der Waals surface area (Å²) >= 11 is 12.2. The first-order valence-corrected chi connectivity index (χ1v) is 9.48. The molecule has 1 aromatic heterocycles. The van der Waals surface area contributed by atoms with Crippen molar-refractivity contribution >= 4 is 34.2 Å². The lowest BCUT2D eigenvalue weighted by Gasteiger charge is -2.13. The molecule has 1 heterocycles. The molecule has 28 heavy (non-hydrogen) atoms. The van der Waals surface area contributed by atoms with Gasteiger partial charge in [-0.05, 0) is 42.3 Å². The van der Waals surface area contributed by atoms with E-state index in [1.807, 2.05) is 55.5 Å². The Bertz CT molecular complexity index is 1210. The number of fused-ring (bicyclic) bond motifs is 1. The summed E-state index contributed by atoms with van der Waals surface area (Å²) in [5.41, 5.74) is 3.50. The van der Waals surface area contributed by atoms with Gasteiger partial charge in [0, 0.05) is 32.6 Å². The fraction of sp³-hybridized carbons (Fsp3) is 0.0870. The lowest BCUT2D eigenvalue weighted by molar-refractivity contribution is 0.304. The number of aryl methyl sites for hydroxylation is 1. The molecule has 0 fully saturated rings. The standard InChI is InChI=1S/C23H16Cl2O3/c1-14-21(27-13-16-7-8-17(24)11-20(16)25)10-9-18-19(12-22(26)28-23(14)18)15-5-3-2-4-6-15/h2-12H,13H2,1H3. The van der Waals surface area contributed by atoms with Crippen LogP contribution in [-0.2, 0) is 6.61 Å². The highest BCUT2D eigenvalue weighted by Crippen LogP contribution is 2.33. The largest absolute Gasteiger partial charge is 0.488 e. The lowest BCUT2D eigenvalue weighted by atomic mass is 10.0. The highest BCUT2D eigenvalue weighted by Gasteiger charge is 2.13. The Balaban J connectivity index is 1.74. The Hall–Kier alpha value is -2.75. The van der Waals surface area contributed by atoms with Gasteiger partial charge in [0.25, 0.3) is 0 Å². The van der Waals surface area contributed by atoms with E-state index in [2.05, 4.69) is 0 Å². The van der Waals surface area contributed by atoms with Gasteiger partial charge in [-0.2, -0.15) is 0 Å². The molecule has 3 aromatic carbocycles. The summed E-state index contributed by atoms with van der Waals surface area (Å²) < 4.78 is 11.5. The van der Waals surface area contributed by atoms with Crippen LogP contribution in [0, 0.1) is 6.92 Å². The molecule has 5 heteroatoms. The van der Waals surface area contributed by atoms with Crippen LogP contribution in [0.3, 0.4) is 0 Å². The van der Waals surface area contributed by atoms with Crippen molar-refractivity contribution in [3.63, 3.8) is 0 Å². The maximum Gasteiger partial charge on any atom is 0.336 e. The van der Waals surface area contributed by atoms with Gasteiger partial charge in [-0.1, -0.05) is 59.6 Å². The van der Waals surface area contributed by atoms with Crippen molar-refractivity contribution in [2.45, 2.75) is 13.5 Å². The Labute approximate surface area is 172 Å². The lowest BCUT2D eigenvalue weighted by Crippen LogP contribution is -2.02. The number of halogens is 2. The van der Waals surface area contributed by atoms with Gasteiger partial charge in [0.15, 0.2) is 0 Å². The van der Waals surface area contributed by atoms with Crippen molar-refractivity contribution in [3.8, 4) is 16.9 Å². The fourth-order valence-electron chi connectivity index (χ4n) is 3.15. The van der Waals surface area contributed by atoms with E-state index in [1.165, 1.54) is 6.07 Å². The highest BCUT2D eigenvalue weighted by molar-refractivity contribution is 6.35. The summed E-state index contributed by atoms with van der Waals surface area (Å²) in [5.74, 6) is 0.631. The molecular weight excluding hydrogens is 395 g/mol. The molecule has 0 saturated carbocycles. The summed E-state index contributed by atoms with van der Waals surface area (Å²) in [6.07, 6.45) is 0. The van der Waals surface area contributed by atoms with Gasteiger partial charge in [-0.15, -0.1) is 0 Å². The minimum absolute atomic E-state index is 0.283. The number of benzene rings is 3. The summed E-state index contributed by atoms with van der Waals surface area (Å²) in [5, 5.41) is 1.98. The molecule has 0 N–H and O–H groups in total. The molecule has 0 saturated heterocycles. The second-order valence-electron chi connectivity index (χ2n) is 6.43. The summed E-state index contributed by atoms with van der Waals surface area (Å²) in [6.45, 7) is 2.16. The molecule has 0 spiro atoms. The minimum atomic E-state index is -0.396. The number of hydrogen-bond acceptors (Lipinski definition) is 3. The van der Waals surface area contributed by atoms with Crippen LogP contribution in [0.15, 0.2) is 75.9 Å². The zero-order valence-electron chi connectivity index (χ0n) is 15.0. The van der Waals surface area contributed by atoms with E-state index in [0.29, 0.717) is 21.4 Å². The van der Waals surface area contributed by atoms with Crippen LogP contribution in [0.1, 0.15) is 11.1 Å². The van der Waals surface area contributed by atoms with E-state index in [1.54, 1.807) is 12.1 Å². The Kier molecular flexibility index (Phi) is 5.12. The Morgan fingerprint density at radius 3 is 2.50 bits per heavy atom. The fourth-order valence-corrected chi connectivity index (χ4v) is 3.61. The molecule has 140 valence electrons. The molecule has 0 aliphatic heterocycles. The van der Waals surface area contributed by atoms with E-state index < -0.39 is 5.63 Å². The van der Waals surface area contributed by atoms with Crippen LogP contribution < -0.4 is 10.4 Å². The quantitative estimate of drug-likeness (QED) is 0.353. The average molecular weight is 411 g/mol. The topological polar surface area (TPSA) is 39.4 Å². The molecule has 0 unspecified atom stereocenters. The van der Waals surface area contributed by atoms with Crippen molar-refractivity contribution in [2.24, 2.45) is 0 Å². The summed E-state index contributed by atoms with van der Waals surface area (Å²) in [6, 6.07) is 20.3. The molecular formula is C23H16Cl2O3. The maximum atomic E-state index is 12.2. The van der Waals surface area contributed by atoms with Crippen molar-refractivity contribution < 1.29 is 9.15 Å². The van der Waals surface area contributed by atoms with E-state index >= 15 is 0 Å². The third kappa shape index (κ3) is 3.64. The highest BCUT2D eigenvalue weighted by atomic mass is 35.5. The van der Waals surface area contributed by atoms with Gasteiger partial charge in [-0.25, -0.2) is 4.79 Å². The monoisotopic (exact) mass is 410 g/mol. The molecule has 4 rings (SSSR count). The maximum absolute atomic E-state index is 12.2. The van der Waals surface area contributed by atoms with Crippen LogP contribution in [0.4, 0.5) is 0 Å². The van der Waals surface area contributed by atoms with Crippen molar-refractivity contribution in [1.82, 2.24) is 0 Å². The zero-order chi connectivity index (χ0) is 19.7. The molecule has 0 amide bonds. The van der Waals surface area contributed by atoms with E-state index in [-0.39, 0.29) is 6.61 Å². The first-order valence-electron chi connectivity index (χ1n) is 8.72. The molecule has 0 bridgehead atoms. The first kappa shape index (κ1) is 18.6. The van der Waals surface area contributed by atoms with Gasteiger partial charge in [0.2, 0.25) is 0 Å². The van der Waals surface area contributed by atoms with Crippen molar-refractivity contribution in [3.05, 3.63) is 98.3 Å². The van der Waals surface area contributed by atoms with Crippen LogP contribution in [0.2, 0.25) is 10.0 Å². The van der Waals surface area contributed by atoms with Crippen molar-refractivity contribution in [2.75, 3.05) is 0 Å².